The first kappa shape index (κ1) is 15.4. The molecule has 0 bridgehead atoms. The van der Waals surface area contributed by atoms with Crippen LogP contribution in [-0.4, -0.2) is 7.11 Å². The molecule has 0 saturated heterocycles. The van der Waals surface area contributed by atoms with E-state index in [1.807, 2.05) is 6.07 Å². The third-order valence-corrected chi connectivity index (χ3v) is 2.93. The Bertz CT molecular complexity index is 594. The minimum atomic E-state index is -4.38. The molecule has 2 aromatic rings. The minimum absolute atomic E-state index is 0.113. The Kier molecular flexibility index (Phi) is 4.85. The van der Waals surface area contributed by atoms with Crippen LogP contribution < -0.4 is 4.74 Å². The van der Waals surface area contributed by atoms with Crippen LogP contribution in [0, 0.1) is 0 Å². The van der Waals surface area contributed by atoms with Crippen molar-refractivity contribution in [2.75, 3.05) is 7.11 Å². The zero-order valence-electron chi connectivity index (χ0n) is 11.5. The molecule has 2 nitrogen and oxygen atoms in total. The molecule has 5 heteroatoms. The Hall–Kier alpha value is -2.01. The van der Waals surface area contributed by atoms with Crippen molar-refractivity contribution in [2.45, 2.75) is 19.4 Å². The molecule has 0 saturated carbocycles. The second kappa shape index (κ2) is 6.63. The lowest BCUT2D eigenvalue weighted by Crippen LogP contribution is -2.10. The summed E-state index contributed by atoms with van der Waals surface area (Å²) in [5, 5.41) is 0. The standard InChI is InChI=1S/C16H15F3O2/c1-20-10-12-5-4-7-14(9-12)21-11-13-6-2-3-8-15(13)16(17,18)19/h2-9H,10-11H2,1H3. The number of hydrogen-bond acceptors (Lipinski definition) is 2. The molecule has 0 radical (unpaired) electrons. The van der Waals surface area contributed by atoms with Crippen LogP contribution in [0.4, 0.5) is 13.2 Å². The van der Waals surface area contributed by atoms with Gasteiger partial charge in [0, 0.05) is 12.7 Å². The van der Waals surface area contributed by atoms with E-state index < -0.39 is 11.7 Å². The van der Waals surface area contributed by atoms with Crippen LogP contribution in [0.3, 0.4) is 0 Å². The SMILES string of the molecule is COCc1cccc(OCc2ccccc2C(F)(F)F)c1. The third kappa shape index (κ3) is 4.23. The first-order chi connectivity index (χ1) is 10.0. The highest BCUT2D eigenvalue weighted by Crippen LogP contribution is 2.32. The zero-order valence-corrected chi connectivity index (χ0v) is 11.5. The summed E-state index contributed by atoms with van der Waals surface area (Å²) >= 11 is 0. The fraction of sp³-hybridized carbons (Fsp3) is 0.250. The molecule has 0 N–H and O–H groups in total. The quantitative estimate of drug-likeness (QED) is 0.812. The lowest BCUT2D eigenvalue weighted by Gasteiger charge is -2.13. The maximum absolute atomic E-state index is 12.9. The van der Waals surface area contributed by atoms with E-state index in [0.717, 1.165) is 11.6 Å². The molecular weight excluding hydrogens is 281 g/mol. The van der Waals surface area contributed by atoms with Crippen molar-refractivity contribution in [2.24, 2.45) is 0 Å². The second-order valence-corrected chi connectivity index (χ2v) is 4.52. The summed E-state index contributed by atoms with van der Waals surface area (Å²) in [7, 11) is 1.58. The van der Waals surface area contributed by atoms with E-state index in [2.05, 4.69) is 0 Å². The van der Waals surface area contributed by atoms with Crippen LogP contribution >= 0.6 is 0 Å². The van der Waals surface area contributed by atoms with Crippen LogP contribution in [0.1, 0.15) is 16.7 Å². The van der Waals surface area contributed by atoms with Gasteiger partial charge in [-0.05, 0) is 23.8 Å². The topological polar surface area (TPSA) is 18.5 Å². The lowest BCUT2D eigenvalue weighted by atomic mass is 10.1. The molecule has 0 heterocycles. The number of rotatable bonds is 5. The lowest BCUT2D eigenvalue weighted by molar-refractivity contribution is -0.138. The number of benzene rings is 2. The van der Waals surface area contributed by atoms with Crippen molar-refractivity contribution in [3.8, 4) is 5.75 Å². The number of ether oxygens (including phenoxy) is 2. The van der Waals surface area contributed by atoms with Gasteiger partial charge in [-0.25, -0.2) is 0 Å². The van der Waals surface area contributed by atoms with Gasteiger partial charge < -0.3 is 9.47 Å². The first-order valence-electron chi connectivity index (χ1n) is 6.36. The van der Waals surface area contributed by atoms with E-state index in [0.29, 0.717) is 12.4 Å². The number of alkyl halides is 3. The zero-order chi connectivity index (χ0) is 15.3. The Labute approximate surface area is 121 Å². The van der Waals surface area contributed by atoms with E-state index in [1.165, 1.54) is 12.1 Å². The summed E-state index contributed by atoms with van der Waals surface area (Å²) in [5.74, 6) is 0.515. The van der Waals surface area contributed by atoms with Crippen molar-refractivity contribution in [1.82, 2.24) is 0 Å². The molecule has 0 aromatic heterocycles. The van der Waals surface area contributed by atoms with Gasteiger partial charge in [-0.1, -0.05) is 30.3 Å². The highest BCUT2D eigenvalue weighted by Gasteiger charge is 2.32. The van der Waals surface area contributed by atoms with Gasteiger partial charge in [0.05, 0.1) is 12.2 Å². The molecule has 0 fully saturated rings. The van der Waals surface area contributed by atoms with E-state index in [-0.39, 0.29) is 12.2 Å². The second-order valence-electron chi connectivity index (χ2n) is 4.52. The third-order valence-electron chi connectivity index (χ3n) is 2.93. The highest BCUT2D eigenvalue weighted by atomic mass is 19.4. The summed E-state index contributed by atoms with van der Waals surface area (Å²) < 4.78 is 49.1. The fourth-order valence-electron chi connectivity index (χ4n) is 1.98. The monoisotopic (exact) mass is 296 g/mol. The number of hydrogen-bond donors (Lipinski definition) is 0. The Morgan fingerprint density at radius 3 is 2.43 bits per heavy atom. The van der Waals surface area contributed by atoms with E-state index in [4.69, 9.17) is 9.47 Å². The van der Waals surface area contributed by atoms with Crippen LogP contribution in [0.15, 0.2) is 48.5 Å². The molecule has 0 unspecified atom stereocenters. The van der Waals surface area contributed by atoms with E-state index >= 15 is 0 Å². The molecule has 2 rings (SSSR count). The molecule has 0 amide bonds. The average molecular weight is 296 g/mol. The smallest absolute Gasteiger partial charge is 0.416 e. The van der Waals surface area contributed by atoms with E-state index in [1.54, 1.807) is 31.4 Å². The van der Waals surface area contributed by atoms with Crippen LogP contribution in [0.25, 0.3) is 0 Å². The highest BCUT2D eigenvalue weighted by molar-refractivity contribution is 5.31. The van der Waals surface area contributed by atoms with Gasteiger partial charge >= 0.3 is 6.18 Å². The summed E-state index contributed by atoms with van der Waals surface area (Å²) in [5.41, 5.74) is 0.347. The molecule has 0 atom stereocenters. The molecule has 0 aliphatic rings. The average Bonchev–Trinajstić information content (AvgIpc) is 2.45. The van der Waals surface area contributed by atoms with Gasteiger partial charge in [-0.3, -0.25) is 0 Å². The Morgan fingerprint density at radius 2 is 1.71 bits per heavy atom. The summed E-state index contributed by atoms with van der Waals surface area (Å²) in [6.07, 6.45) is -4.38. The Balaban J connectivity index is 2.12. The summed E-state index contributed by atoms with van der Waals surface area (Å²) in [6.45, 7) is 0.294. The van der Waals surface area contributed by atoms with Gasteiger partial charge in [0.1, 0.15) is 12.4 Å². The number of halogens is 3. The van der Waals surface area contributed by atoms with Crippen LogP contribution in [0.5, 0.6) is 5.75 Å². The van der Waals surface area contributed by atoms with Crippen molar-refractivity contribution in [1.29, 1.82) is 0 Å². The molecule has 21 heavy (non-hydrogen) atoms. The van der Waals surface area contributed by atoms with Crippen LogP contribution in [-0.2, 0) is 24.1 Å². The summed E-state index contributed by atoms with van der Waals surface area (Å²) in [6, 6.07) is 12.5. The van der Waals surface area contributed by atoms with E-state index in [9.17, 15) is 13.2 Å². The van der Waals surface area contributed by atoms with Gasteiger partial charge in [-0.2, -0.15) is 13.2 Å². The largest absolute Gasteiger partial charge is 0.489 e. The molecule has 0 aliphatic heterocycles. The van der Waals surface area contributed by atoms with Gasteiger partial charge in [0.2, 0.25) is 0 Å². The van der Waals surface area contributed by atoms with Gasteiger partial charge in [0.25, 0.3) is 0 Å². The maximum Gasteiger partial charge on any atom is 0.416 e. The molecule has 2 aromatic carbocycles. The van der Waals surface area contributed by atoms with Crippen molar-refractivity contribution in [3.63, 3.8) is 0 Å². The molecular formula is C16H15F3O2. The number of methoxy groups -OCH3 is 1. The van der Waals surface area contributed by atoms with Crippen LogP contribution in [0.2, 0.25) is 0 Å². The predicted molar refractivity (Wildman–Crippen MR) is 72.9 cm³/mol. The van der Waals surface area contributed by atoms with Crippen molar-refractivity contribution in [3.05, 3.63) is 65.2 Å². The first-order valence-corrected chi connectivity index (χ1v) is 6.36. The summed E-state index contributed by atoms with van der Waals surface area (Å²) in [4.78, 5) is 0. The predicted octanol–water partition coefficient (Wildman–Crippen LogP) is 4.43. The Morgan fingerprint density at radius 1 is 0.952 bits per heavy atom. The fourth-order valence-corrected chi connectivity index (χ4v) is 1.98. The van der Waals surface area contributed by atoms with Gasteiger partial charge in [0.15, 0.2) is 0 Å². The van der Waals surface area contributed by atoms with Crippen molar-refractivity contribution >= 4 is 0 Å². The van der Waals surface area contributed by atoms with Gasteiger partial charge in [-0.15, -0.1) is 0 Å². The normalized spacial score (nSPS) is 11.4. The van der Waals surface area contributed by atoms with Crippen molar-refractivity contribution < 1.29 is 22.6 Å². The minimum Gasteiger partial charge on any atom is -0.489 e. The molecule has 0 aliphatic carbocycles. The molecule has 0 spiro atoms. The molecule has 112 valence electrons. The maximum atomic E-state index is 12.9.